The van der Waals surface area contributed by atoms with Gasteiger partial charge in [0, 0.05) is 10.0 Å². The Kier molecular flexibility index (Phi) is 2.60. The van der Waals surface area contributed by atoms with Gasteiger partial charge in [0.05, 0.1) is 5.69 Å². The van der Waals surface area contributed by atoms with Crippen molar-refractivity contribution in [2.24, 2.45) is 0 Å². The van der Waals surface area contributed by atoms with Crippen LogP contribution in [-0.2, 0) is 0 Å². The summed E-state index contributed by atoms with van der Waals surface area (Å²) in [5.41, 5.74) is 12.9. The first-order chi connectivity index (χ1) is 8.56. The summed E-state index contributed by atoms with van der Waals surface area (Å²) in [6.45, 7) is 0. The van der Waals surface area contributed by atoms with Crippen molar-refractivity contribution in [2.45, 2.75) is 18.8 Å². The normalized spacial score (nSPS) is 15.0. The van der Waals surface area contributed by atoms with Gasteiger partial charge in [0.15, 0.2) is 0 Å². The van der Waals surface area contributed by atoms with Crippen molar-refractivity contribution >= 4 is 35.1 Å². The molecule has 1 aliphatic carbocycles. The standard InChI is InChI=1S/C11H11Cl2N5/c12-7-3-6(18-11(15)16-10(14)17-18)4-8(13)9(7)5-1-2-5/h3-5H,1-2H2,(H4,14,15,16,17). The summed E-state index contributed by atoms with van der Waals surface area (Å²) in [6.07, 6.45) is 2.27. The molecule has 0 aliphatic heterocycles. The molecule has 18 heavy (non-hydrogen) atoms. The molecule has 3 rings (SSSR count). The van der Waals surface area contributed by atoms with Gasteiger partial charge in [0.2, 0.25) is 11.9 Å². The quantitative estimate of drug-likeness (QED) is 0.888. The SMILES string of the molecule is Nc1nc(N)n(-c2cc(Cl)c(C3CC3)c(Cl)c2)n1. The molecule has 0 spiro atoms. The number of halogens is 2. The van der Waals surface area contributed by atoms with Gasteiger partial charge < -0.3 is 11.5 Å². The molecule has 1 aliphatic rings. The minimum Gasteiger partial charge on any atom is -0.368 e. The molecule has 7 heteroatoms. The summed E-state index contributed by atoms with van der Waals surface area (Å²) in [7, 11) is 0. The molecule has 1 aromatic heterocycles. The zero-order valence-electron chi connectivity index (χ0n) is 9.40. The lowest BCUT2D eigenvalue weighted by atomic mass is 10.1. The molecular formula is C11H11Cl2N5. The Morgan fingerprint density at radius 3 is 2.22 bits per heavy atom. The molecule has 5 nitrogen and oxygen atoms in total. The molecule has 0 unspecified atom stereocenters. The van der Waals surface area contributed by atoms with Crippen LogP contribution in [0.2, 0.25) is 10.0 Å². The van der Waals surface area contributed by atoms with Crippen LogP contribution in [0.3, 0.4) is 0 Å². The number of hydrogen-bond donors (Lipinski definition) is 2. The molecule has 0 bridgehead atoms. The minimum absolute atomic E-state index is 0.117. The number of nitrogen functional groups attached to an aromatic ring is 2. The fourth-order valence-electron chi connectivity index (χ4n) is 1.99. The van der Waals surface area contributed by atoms with E-state index in [0.717, 1.165) is 18.4 Å². The van der Waals surface area contributed by atoms with Gasteiger partial charge in [-0.2, -0.15) is 9.67 Å². The Morgan fingerprint density at radius 1 is 1.17 bits per heavy atom. The van der Waals surface area contributed by atoms with Crippen molar-refractivity contribution in [3.63, 3.8) is 0 Å². The predicted octanol–water partition coefficient (Wildman–Crippen LogP) is 2.62. The first-order valence-electron chi connectivity index (χ1n) is 5.53. The Bertz CT molecular complexity index is 595. The second-order valence-electron chi connectivity index (χ2n) is 4.34. The monoisotopic (exact) mass is 283 g/mol. The molecule has 0 saturated heterocycles. The number of anilines is 2. The largest absolute Gasteiger partial charge is 0.368 e. The van der Waals surface area contributed by atoms with E-state index in [4.69, 9.17) is 34.7 Å². The smallest absolute Gasteiger partial charge is 0.241 e. The van der Waals surface area contributed by atoms with E-state index in [1.165, 1.54) is 4.68 Å². The zero-order chi connectivity index (χ0) is 12.9. The highest BCUT2D eigenvalue weighted by atomic mass is 35.5. The summed E-state index contributed by atoms with van der Waals surface area (Å²) >= 11 is 12.5. The van der Waals surface area contributed by atoms with Crippen molar-refractivity contribution < 1.29 is 0 Å². The number of hydrogen-bond acceptors (Lipinski definition) is 4. The van der Waals surface area contributed by atoms with Crippen LogP contribution in [0.4, 0.5) is 11.9 Å². The second-order valence-corrected chi connectivity index (χ2v) is 5.15. The van der Waals surface area contributed by atoms with E-state index in [9.17, 15) is 0 Å². The highest BCUT2D eigenvalue weighted by molar-refractivity contribution is 6.36. The Balaban J connectivity index is 2.11. The van der Waals surface area contributed by atoms with Gasteiger partial charge in [-0.3, -0.25) is 0 Å². The van der Waals surface area contributed by atoms with Gasteiger partial charge in [0.25, 0.3) is 0 Å². The van der Waals surface area contributed by atoms with E-state index in [0.29, 0.717) is 21.7 Å². The molecule has 0 atom stereocenters. The van der Waals surface area contributed by atoms with E-state index in [1.54, 1.807) is 12.1 Å². The fraction of sp³-hybridized carbons (Fsp3) is 0.273. The number of aromatic nitrogens is 3. The first-order valence-corrected chi connectivity index (χ1v) is 6.29. The molecule has 0 amide bonds. The van der Waals surface area contributed by atoms with E-state index in [1.807, 2.05) is 0 Å². The van der Waals surface area contributed by atoms with Crippen molar-refractivity contribution in [2.75, 3.05) is 11.5 Å². The van der Waals surface area contributed by atoms with Crippen molar-refractivity contribution in [1.82, 2.24) is 14.8 Å². The van der Waals surface area contributed by atoms with Gasteiger partial charge in [-0.1, -0.05) is 23.2 Å². The van der Waals surface area contributed by atoms with Crippen molar-refractivity contribution in [1.29, 1.82) is 0 Å². The average molecular weight is 284 g/mol. The molecule has 2 aromatic rings. The van der Waals surface area contributed by atoms with Crippen LogP contribution in [0, 0.1) is 0 Å². The summed E-state index contributed by atoms with van der Waals surface area (Å²) < 4.78 is 1.42. The van der Waals surface area contributed by atoms with Crippen molar-refractivity contribution in [3.05, 3.63) is 27.7 Å². The topological polar surface area (TPSA) is 82.7 Å². The van der Waals surface area contributed by atoms with Crippen LogP contribution in [0.25, 0.3) is 5.69 Å². The number of nitrogens with two attached hydrogens (primary N) is 2. The van der Waals surface area contributed by atoms with E-state index in [-0.39, 0.29) is 11.9 Å². The highest BCUT2D eigenvalue weighted by Gasteiger charge is 2.28. The lowest BCUT2D eigenvalue weighted by Gasteiger charge is -2.09. The fourth-order valence-corrected chi connectivity index (χ4v) is 2.77. The van der Waals surface area contributed by atoms with Crippen molar-refractivity contribution in [3.8, 4) is 5.69 Å². The van der Waals surface area contributed by atoms with Crippen LogP contribution in [-0.4, -0.2) is 14.8 Å². The van der Waals surface area contributed by atoms with E-state index < -0.39 is 0 Å². The Labute approximate surface area is 114 Å². The third-order valence-electron chi connectivity index (χ3n) is 2.94. The lowest BCUT2D eigenvalue weighted by molar-refractivity contribution is 0.894. The molecule has 4 N–H and O–H groups in total. The van der Waals surface area contributed by atoms with Gasteiger partial charge in [-0.15, -0.1) is 5.10 Å². The molecule has 94 valence electrons. The van der Waals surface area contributed by atoms with Gasteiger partial charge in [-0.25, -0.2) is 0 Å². The first kappa shape index (κ1) is 11.6. The van der Waals surface area contributed by atoms with Gasteiger partial charge in [0.1, 0.15) is 0 Å². The Hall–Kier alpha value is -1.46. The van der Waals surface area contributed by atoms with Crippen LogP contribution in [0.5, 0.6) is 0 Å². The summed E-state index contributed by atoms with van der Waals surface area (Å²) in [5.74, 6) is 0.807. The van der Waals surface area contributed by atoms with Gasteiger partial charge in [-0.05, 0) is 36.5 Å². The molecule has 1 fully saturated rings. The van der Waals surface area contributed by atoms with E-state index in [2.05, 4.69) is 10.1 Å². The summed E-state index contributed by atoms with van der Waals surface area (Å²) in [4.78, 5) is 3.84. The number of benzene rings is 1. The van der Waals surface area contributed by atoms with Crippen LogP contribution >= 0.6 is 23.2 Å². The van der Waals surface area contributed by atoms with Crippen LogP contribution < -0.4 is 11.5 Å². The third-order valence-corrected chi connectivity index (χ3v) is 3.57. The summed E-state index contributed by atoms with van der Waals surface area (Å²) in [6, 6.07) is 3.57. The highest BCUT2D eigenvalue weighted by Crippen LogP contribution is 2.47. The van der Waals surface area contributed by atoms with E-state index >= 15 is 0 Å². The zero-order valence-corrected chi connectivity index (χ0v) is 10.9. The molecule has 1 saturated carbocycles. The maximum atomic E-state index is 6.26. The molecule has 0 radical (unpaired) electrons. The molecule has 1 aromatic carbocycles. The lowest BCUT2D eigenvalue weighted by Crippen LogP contribution is -2.03. The molecule has 1 heterocycles. The average Bonchev–Trinajstić information content (AvgIpc) is 3.03. The van der Waals surface area contributed by atoms with Crippen LogP contribution in [0.15, 0.2) is 12.1 Å². The maximum Gasteiger partial charge on any atom is 0.241 e. The summed E-state index contributed by atoms with van der Waals surface area (Å²) in [5, 5.41) is 5.26. The maximum absolute atomic E-state index is 6.26. The predicted molar refractivity (Wildman–Crippen MR) is 72.2 cm³/mol. The number of nitrogens with zero attached hydrogens (tertiary/aromatic N) is 3. The Morgan fingerprint density at radius 2 is 1.78 bits per heavy atom. The van der Waals surface area contributed by atoms with Gasteiger partial charge >= 0.3 is 0 Å². The third kappa shape index (κ3) is 1.89. The minimum atomic E-state index is 0.117. The molecular weight excluding hydrogens is 273 g/mol. The number of rotatable bonds is 2. The second kappa shape index (κ2) is 4.03. The van der Waals surface area contributed by atoms with Crippen LogP contribution in [0.1, 0.15) is 24.3 Å².